The highest BCUT2D eigenvalue weighted by Gasteiger charge is 2.30. The predicted octanol–water partition coefficient (Wildman–Crippen LogP) is 2.16. The van der Waals surface area contributed by atoms with Gasteiger partial charge in [0.25, 0.3) is 0 Å². The molecule has 0 fully saturated rings. The molecule has 0 saturated carbocycles. The van der Waals surface area contributed by atoms with Gasteiger partial charge in [-0.05, 0) is 36.1 Å². The normalized spacial score (nSPS) is 25.2. The molecule has 3 heteroatoms. The molecule has 0 aromatic heterocycles. The topological polar surface area (TPSA) is 49.8 Å². The number of hydrogen-bond donors (Lipinski definition) is 1. The number of rotatable bonds is 0. The summed E-state index contributed by atoms with van der Waals surface area (Å²) in [7, 11) is 0. The van der Waals surface area contributed by atoms with Gasteiger partial charge in [-0.1, -0.05) is 22.0 Å². The summed E-state index contributed by atoms with van der Waals surface area (Å²) in [5, 5.41) is 8.96. The number of benzene rings is 1. The minimum atomic E-state index is -0.659. The van der Waals surface area contributed by atoms with E-state index in [0.29, 0.717) is 6.42 Å². The molecular formula is C11H11BrN2. The molecule has 1 unspecified atom stereocenters. The molecule has 1 aromatic rings. The van der Waals surface area contributed by atoms with Crippen molar-refractivity contribution >= 4 is 15.9 Å². The molecule has 1 aromatic carbocycles. The van der Waals surface area contributed by atoms with E-state index in [9.17, 15) is 0 Å². The van der Waals surface area contributed by atoms with Crippen LogP contribution in [0.2, 0.25) is 0 Å². The van der Waals surface area contributed by atoms with Gasteiger partial charge >= 0.3 is 0 Å². The number of fused-ring (bicyclic) bond motifs is 1. The van der Waals surface area contributed by atoms with E-state index in [1.165, 1.54) is 11.1 Å². The van der Waals surface area contributed by atoms with Gasteiger partial charge in [-0.3, -0.25) is 0 Å². The Kier molecular flexibility index (Phi) is 2.34. The highest BCUT2D eigenvalue weighted by Crippen LogP contribution is 2.28. The quantitative estimate of drug-likeness (QED) is 0.768. The Morgan fingerprint density at radius 3 is 2.93 bits per heavy atom. The van der Waals surface area contributed by atoms with Crippen LogP contribution in [0.1, 0.15) is 17.5 Å². The van der Waals surface area contributed by atoms with Gasteiger partial charge in [-0.15, -0.1) is 0 Å². The first-order valence-corrected chi connectivity index (χ1v) is 5.40. The van der Waals surface area contributed by atoms with Crippen LogP contribution >= 0.6 is 15.9 Å². The van der Waals surface area contributed by atoms with E-state index in [1.54, 1.807) is 0 Å². The summed E-state index contributed by atoms with van der Waals surface area (Å²) < 4.78 is 1.05. The van der Waals surface area contributed by atoms with Gasteiger partial charge in [0.05, 0.1) is 6.07 Å². The first kappa shape index (κ1) is 9.70. The summed E-state index contributed by atoms with van der Waals surface area (Å²) in [6, 6.07) is 8.41. The molecular weight excluding hydrogens is 240 g/mol. The number of aryl methyl sites for hydroxylation is 1. The number of nitrogens with zero attached hydrogens (tertiary/aromatic N) is 1. The fraction of sp³-hybridized carbons (Fsp3) is 0.364. The van der Waals surface area contributed by atoms with Crippen molar-refractivity contribution in [3.05, 3.63) is 33.8 Å². The van der Waals surface area contributed by atoms with Crippen molar-refractivity contribution in [2.45, 2.75) is 24.8 Å². The number of hydrogen-bond acceptors (Lipinski definition) is 2. The molecule has 1 aliphatic carbocycles. The SMILES string of the molecule is N#CC1(N)CCc2ccc(Br)cc2C1. The van der Waals surface area contributed by atoms with Gasteiger partial charge in [0.15, 0.2) is 0 Å². The monoisotopic (exact) mass is 250 g/mol. The summed E-state index contributed by atoms with van der Waals surface area (Å²) >= 11 is 3.43. The second-order valence-corrected chi connectivity index (χ2v) is 4.77. The third-order valence-corrected chi connectivity index (χ3v) is 3.23. The van der Waals surface area contributed by atoms with Crippen LogP contribution in [0, 0.1) is 11.3 Å². The summed E-state index contributed by atoms with van der Waals surface area (Å²) in [5.74, 6) is 0. The maximum Gasteiger partial charge on any atom is 0.108 e. The average Bonchev–Trinajstić information content (AvgIpc) is 2.17. The van der Waals surface area contributed by atoms with Crippen molar-refractivity contribution < 1.29 is 0 Å². The third kappa shape index (κ3) is 1.68. The van der Waals surface area contributed by atoms with E-state index in [1.807, 2.05) is 6.07 Å². The molecule has 2 rings (SSSR count). The van der Waals surface area contributed by atoms with Crippen LogP contribution in [0.25, 0.3) is 0 Å². The van der Waals surface area contributed by atoms with Crippen LogP contribution in [0.3, 0.4) is 0 Å². The van der Waals surface area contributed by atoms with Crippen molar-refractivity contribution in [1.82, 2.24) is 0 Å². The molecule has 1 aliphatic rings. The van der Waals surface area contributed by atoms with E-state index in [0.717, 1.165) is 17.3 Å². The predicted molar refractivity (Wildman–Crippen MR) is 58.7 cm³/mol. The van der Waals surface area contributed by atoms with Crippen molar-refractivity contribution in [3.63, 3.8) is 0 Å². The van der Waals surface area contributed by atoms with Crippen LogP contribution in [0.5, 0.6) is 0 Å². The molecule has 0 saturated heterocycles. The van der Waals surface area contributed by atoms with Crippen LogP contribution in [-0.4, -0.2) is 5.54 Å². The minimum absolute atomic E-state index is 0.659. The van der Waals surface area contributed by atoms with E-state index >= 15 is 0 Å². The smallest absolute Gasteiger partial charge is 0.108 e. The number of nitrogens with two attached hydrogens (primary N) is 1. The Balaban J connectivity index is 2.39. The lowest BCUT2D eigenvalue weighted by Crippen LogP contribution is -2.43. The maximum atomic E-state index is 8.96. The standard InChI is InChI=1S/C11H11BrN2/c12-10-2-1-8-3-4-11(14,7-13)6-9(8)5-10/h1-2,5H,3-4,6,14H2. The molecule has 2 N–H and O–H groups in total. The zero-order chi connectivity index (χ0) is 10.2. The lowest BCUT2D eigenvalue weighted by atomic mass is 9.80. The third-order valence-electron chi connectivity index (χ3n) is 2.74. The van der Waals surface area contributed by atoms with Gasteiger partial charge in [0.1, 0.15) is 5.54 Å². The highest BCUT2D eigenvalue weighted by atomic mass is 79.9. The van der Waals surface area contributed by atoms with E-state index < -0.39 is 5.54 Å². The fourth-order valence-corrected chi connectivity index (χ4v) is 2.29. The molecule has 1 atom stereocenters. The second kappa shape index (κ2) is 3.38. The van der Waals surface area contributed by atoms with Gasteiger partial charge in [-0.2, -0.15) is 5.26 Å². The second-order valence-electron chi connectivity index (χ2n) is 3.86. The van der Waals surface area contributed by atoms with Crippen LogP contribution < -0.4 is 5.73 Å². The Morgan fingerprint density at radius 2 is 2.21 bits per heavy atom. The van der Waals surface area contributed by atoms with Gasteiger partial charge < -0.3 is 5.73 Å². The van der Waals surface area contributed by atoms with Crippen molar-refractivity contribution in [1.29, 1.82) is 5.26 Å². The molecule has 0 bridgehead atoms. The van der Waals surface area contributed by atoms with Crippen molar-refractivity contribution in [2.24, 2.45) is 5.73 Å². The highest BCUT2D eigenvalue weighted by molar-refractivity contribution is 9.10. The summed E-state index contributed by atoms with van der Waals surface area (Å²) in [5.41, 5.74) is 7.81. The Hall–Kier alpha value is -0.850. The number of halogens is 1. The Morgan fingerprint density at radius 1 is 1.43 bits per heavy atom. The first-order chi connectivity index (χ1) is 6.63. The molecule has 0 heterocycles. The lowest BCUT2D eigenvalue weighted by Gasteiger charge is -2.28. The van der Waals surface area contributed by atoms with Crippen LogP contribution in [0.15, 0.2) is 22.7 Å². The molecule has 72 valence electrons. The van der Waals surface area contributed by atoms with Crippen LogP contribution in [0.4, 0.5) is 0 Å². The van der Waals surface area contributed by atoms with Crippen molar-refractivity contribution in [2.75, 3.05) is 0 Å². The van der Waals surface area contributed by atoms with Crippen molar-refractivity contribution in [3.8, 4) is 6.07 Å². The summed E-state index contributed by atoms with van der Waals surface area (Å²) in [4.78, 5) is 0. The first-order valence-electron chi connectivity index (χ1n) is 4.60. The molecule has 0 aliphatic heterocycles. The van der Waals surface area contributed by atoms with Crippen LogP contribution in [-0.2, 0) is 12.8 Å². The van der Waals surface area contributed by atoms with Gasteiger partial charge in [0, 0.05) is 10.9 Å². The van der Waals surface area contributed by atoms with E-state index in [4.69, 9.17) is 11.0 Å². The zero-order valence-corrected chi connectivity index (χ0v) is 9.34. The average molecular weight is 251 g/mol. The maximum absolute atomic E-state index is 8.96. The Labute approximate surface area is 91.9 Å². The lowest BCUT2D eigenvalue weighted by molar-refractivity contribution is 0.470. The fourth-order valence-electron chi connectivity index (χ4n) is 1.88. The molecule has 0 radical (unpaired) electrons. The van der Waals surface area contributed by atoms with E-state index in [-0.39, 0.29) is 0 Å². The summed E-state index contributed by atoms with van der Waals surface area (Å²) in [6.07, 6.45) is 2.34. The van der Waals surface area contributed by atoms with E-state index in [2.05, 4.69) is 34.1 Å². The number of nitriles is 1. The molecule has 2 nitrogen and oxygen atoms in total. The zero-order valence-electron chi connectivity index (χ0n) is 7.76. The largest absolute Gasteiger partial charge is 0.313 e. The summed E-state index contributed by atoms with van der Waals surface area (Å²) in [6.45, 7) is 0. The van der Waals surface area contributed by atoms with Gasteiger partial charge in [0.2, 0.25) is 0 Å². The minimum Gasteiger partial charge on any atom is -0.313 e. The van der Waals surface area contributed by atoms with Gasteiger partial charge in [-0.25, -0.2) is 0 Å². The molecule has 14 heavy (non-hydrogen) atoms. The Bertz CT molecular complexity index is 408. The molecule has 0 amide bonds. The molecule has 0 spiro atoms.